The van der Waals surface area contributed by atoms with Crippen LogP contribution in [-0.4, -0.2) is 58.7 Å². The number of aromatic amines is 1. The van der Waals surface area contributed by atoms with Crippen molar-refractivity contribution in [2.45, 2.75) is 76.0 Å². The number of nitrogens with one attached hydrogen (secondary N) is 3. The molecule has 9 nitrogen and oxygen atoms in total. The molecule has 2 amide bonds. The van der Waals surface area contributed by atoms with Gasteiger partial charge in [-0.3, -0.25) is 19.5 Å². The van der Waals surface area contributed by atoms with Crippen molar-refractivity contribution in [1.29, 1.82) is 0 Å². The molecule has 3 heterocycles. The van der Waals surface area contributed by atoms with E-state index in [0.717, 1.165) is 56.0 Å². The van der Waals surface area contributed by atoms with Crippen molar-refractivity contribution in [2.24, 2.45) is 5.92 Å². The molecule has 3 fully saturated rings. The quantitative estimate of drug-likeness (QED) is 0.602. The van der Waals surface area contributed by atoms with Crippen LogP contribution in [0.3, 0.4) is 0 Å². The van der Waals surface area contributed by atoms with E-state index in [1.807, 2.05) is 27.7 Å². The number of ether oxygens (including phenoxy) is 1. The lowest BCUT2D eigenvalue weighted by atomic mass is 9.82. The van der Waals surface area contributed by atoms with Crippen LogP contribution in [-0.2, 0) is 9.59 Å². The average molecular weight is 470 g/mol. The summed E-state index contributed by atoms with van der Waals surface area (Å²) in [7, 11) is 1.61. The summed E-state index contributed by atoms with van der Waals surface area (Å²) in [5, 5.41) is 6.69. The van der Waals surface area contributed by atoms with Crippen molar-refractivity contribution in [2.75, 3.05) is 20.2 Å². The predicted molar refractivity (Wildman–Crippen MR) is 129 cm³/mol. The maximum absolute atomic E-state index is 12.8. The summed E-state index contributed by atoms with van der Waals surface area (Å²) in [4.78, 5) is 42.6. The third-order valence-corrected chi connectivity index (χ3v) is 7.82. The van der Waals surface area contributed by atoms with Crippen LogP contribution in [0, 0.1) is 5.92 Å². The molecule has 1 aromatic heterocycles. The Morgan fingerprint density at radius 2 is 1.91 bits per heavy atom. The highest BCUT2D eigenvalue weighted by Gasteiger charge is 2.37. The molecule has 3 atom stereocenters. The van der Waals surface area contributed by atoms with Gasteiger partial charge in [0.05, 0.1) is 30.2 Å². The number of piperidine rings is 1. The second kappa shape index (κ2) is 9.82. The summed E-state index contributed by atoms with van der Waals surface area (Å²) < 4.78 is 7.08. The molecule has 2 aliphatic heterocycles. The normalized spacial score (nSPS) is 25.7. The number of carbonyl (C=O) groups excluding carboxylic acids is 2. The Morgan fingerprint density at radius 3 is 2.71 bits per heavy atom. The SMILES string of the molecule is COc1ccc2c(c1)[nH]c(=O)n2C1CCN(C(=O)CCCC2NC(=O)C3CCCCC3N2)CC1. The average Bonchev–Trinajstić information content (AvgIpc) is 3.18. The van der Waals surface area contributed by atoms with Crippen LogP contribution in [0.25, 0.3) is 11.0 Å². The highest BCUT2D eigenvalue weighted by Crippen LogP contribution is 2.29. The highest BCUT2D eigenvalue weighted by atomic mass is 16.5. The van der Waals surface area contributed by atoms with E-state index >= 15 is 0 Å². The van der Waals surface area contributed by atoms with E-state index in [4.69, 9.17) is 4.74 Å². The second-order valence-corrected chi connectivity index (χ2v) is 9.91. The second-order valence-electron chi connectivity index (χ2n) is 9.91. The van der Waals surface area contributed by atoms with Gasteiger partial charge in [0, 0.05) is 37.7 Å². The van der Waals surface area contributed by atoms with Crippen molar-refractivity contribution in [3.63, 3.8) is 0 Å². The van der Waals surface area contributed by atoms with Crippen LogP contribution in [0.1, 0.15) is 63.8 Å². The van der Waals surface area contributed by atoms with Gasteiger partial charge >= 0.3 is 5.69 Å². The van der Waals surface area contributed by atoms with Gasteiger partial charge in [0.15, 0.2) is 0 Å². The molecule has 3 unspecified atom stereocenters. The lowest BCUT2D eigenvalue weighted by Crippen LogP contribution is -2.62. The van der Waals surface area contributed by atoms with Crippen LogP contribution >= 0.6 is 0 Å². The number of aromatic nitrogens is 2. The Labute approximate surface area is 199 Å². The minimum Gasteiger partial charge on any atom is -0.497 e. The highest BCUT2D eigenvalue weighted by molar-refractivity contribution is 5.81. The molecule has 0 radical (unpaired) electrons. The Kier molecular flexibility index (Phi) is 6.63. The Morgan fingerprint density at radius 1 is 1.12 bits per heavy atom. The number of H-pyrrole nitrogens is 1. The van der Waals surface area contributed by atoms with E-state index in [0.29, 0.717) is 25.3 Å². The van der Waals surface area contributed by atoms with E-state index in [1.165, 1.54) is 6.42 Å². The van der Waals surface area contributed by atoms with Gasteiger partial charge in [-0.25, -0.2) is 4.79 Å². The molecule has 1 aromatic carbocycles. The van der Waals surface area contributed by atoms with Crippen molar-refractivity contribution < 1.29 is 14.3 Å². The summed E-state index contributed by atoms with van der Waals surface area (Å²) in [5.74, 6) is 1.16. The fourth-order valence-electron chi connectivity index (χ4n) is 5.97. The number of hydrogen-bond acceptors (Lipinski definition) is 5. The molecule has 5 rings (SSSR count). The van der Waals surface area contributed by atoms with Crippen molar-refractivity contribution in [3.05, 3.63) is 28.7 Å². The lowest BCUT2D eigenvalue weighted by molar-refractivity contribution is -0.132. The first kappa shape index (κ1) is 23.0. The van der Waals surface area contributed by atoms with Crippen LogP contribution in [0.4, 0.5) is 0 Å². The third-order valence-electron chi connectivity index (χ3n) is 7.82. The first-order valence-corrected chi connectivity index (χ1v) is 12.7. The monoisotopic (exact) mass is 469 g/mol. The van der Waals surface area contributed by atoms with Crippen LogP contribution in [0.15, 0.2) is 23.0 Å². The minimum atomic E-state index is -0.115. The molecule has 9 heteroatoms. The summed E-state index contributed by atoms with van der Waals surface area (Å²) >= 11 is 0. The van der Waals surface area contributed by atoms with Gasteiger partial charge in [-0.1, -0.05) is 12.8 Å². The first-order chi connectivity index (χ1) is 16.5. The smallest absolute Gasteiger partial charge is 0.326 e. The molecule has 0 spiro atoms. The van der Waals surface area contributed by atoms with Crippen LogP contribution < -0.4 is 21.1 Å². The van der Waals surface area contributed by atoms with Gasteiger partial charge in [-0.2, -0.15) is 0 Å². The fourth-order valence-corrected chi connectivity index (χ4v) is 5.97. The molecule has 3 N–H and O–H groups in total. The van der Waals surface area contributed by atoms with Gasteiger partial charge in [-0.15, -0.1) is 0 Å². The summed E-state index contributed by atoms with van der Waals surface area (Å²) in [6.45, 7) is 1.31. The van der Waals surface area contributed by atoms with Crippen molar-refractivity contribution in [3.8, 4) is 5.75 Å². The van der Waals surface area contributed by atoms with Crippen molar-refractivity contribution in [1.82, 2.24) is 25.1 Å². The number of imidazole rings is 1. The number of methoxy groups -OCH3 is 1. The number of nitrogens with zero attached hydrogens (tertiary/aromatic N) is 2. The maximum atomic E-state index is 12.8. The summed E-state index contributed by atoms with van der Waals surface area (Å²) in [5.41, 5.74) is 1.53. The molecule has 0 bridgehead atoms. The topological polar surface area (TPSA) is 108 Å². The van der Waals surface area contributed by atoms with Crippen molar-refractivity contribution >= 4 is 22.8 Å². The zero-order valence-corrected chi connectivity index (χ0v) is 19.8. The number of hydrogen-bond donors (Lipinski definition) is 3. The van der Waals surface area contributed by atoms with E-state index < -0.39 is 0 Å². The standard InChI is InChI=1S/C25H35N5O4/c1-34-17-9-10-21-20(15-17)27-25(33)30(21)16-11-13-29(14-12-16)23(31)8-4-7-22-26-19-6-3-2-5-18(19)24(32)28-22/h9-10,15-16,18-19,22,26H,2-8,11-14H2,1H3,(H,27,33)(H,28,32). The van der Waals surface area contributed by atoms with Gasteiger partial charge in [-0.05, 0) is 50.7 Å². The van der Waals surface area contributed by atoms with Gasteiger partial charge in [0.2, 0.25) is 11.8 Å². The zero-order chi connectivity index (χ0) is 23.7. The predicted octanol–water partition coefficient (Wildman–Crippen LogP) is 2.28. The number of amides is 2. The van der Waals surface area contributed by atoms with Gasteiger partial charge < -0.3 is 19.9 Å². The molecular formula is C25H35N5O4. The number of benzene rings is 1. The first-order valence-electron chi connectivity index (χ1n) is 12.7. The fraction of sp³-hybridized carbons (Fsp3) is 0.640. The van der Waals surface area contributed by atoms with Gasteiger partial charge in [0.1, 0.15) is 5.75 Å². The number of rotatable bonds is 6. The number of carbonyl (C=O) groups is 2. The largest absolute Gasteiger partial charge is 0.497 e. The number of likely N-dealkylation sites (tertiary alicyclic amines) is 1. The van der Waals surface area contributed by atoms with E-state index in [9.17, 15) is 14.4 Å². The Balaban J connectivity index is 1.11. The number of fused-ring (bicyclic) bond motifs is 2. The Hall–Kier alpha value is -2.81. The van der Waals surface area contributed by atoms with E-state index in [-0.39, 0.29) is 41.7 Å². The molecule has 184 valence electrons. The molecule has 2 saturated heterocycles. The van der Waals surface area contributed by atoms with Crippen LogP contribution in [0.2, 0.25) is 0 Å². The summed E-state index contributed by atoms with van der Waals surface area (Å²) in [6.07, 6.45) is 7.85. The van der Waals surface area contributed by atoms with Gasteiger partial charge in [0.25, 0.3) is 0 Å². The van der Waals surface area contributed by atoms with Crippen LogP contribution in [0.5, 0.6) is 5.75 Å². The molecule has 3 aliphatic rings. The molecule has 1 aliphatic carbocycles. The third kappa shape index (κ3) is 4.58. The summed E-state index contributed by atoms with van der Waals surface area (Å²) in [6, 6.07) is 5.98. The Bertz CT molecular complexity index is 1100. The molecule has 1 saturated carbocycles. The molecule has 34 heavy (non-hydrogen) atoms. The maximum Gasteiger partial charge on any atom is 0.326 e. The zero-order valence-electron chi connectivity index (χ0n) is 19.8. The lowest BCUT2D eigenvalue weighted by Gasteiger charge is -2.40. The molecule has 2 aromatic rings. The molecular weight excluding hydrogens is 434 g/mol. The van der Waals surface area contributed by atoms with E-state index in [2.05, 4.69) is 15.6 Å². The van der Waals surface area contributed by atoms with E-state index in [1.54, 1.807) is 7.11 Å². The minimum absolute atomic E-state index is 0.0299.